The van der Waals surface area contributed by atoms with E-state index in [1.54, 1.807) is 0 Å². The Bertz CT molecular complexity index is 2910. The third kappa shape index (κ3) is 5.62. The Labute approximate surface area is 314 Å². The van der Waals surface area contributed by atoms with Crippen molar-refractivity contribution >= 4 is 49.8 Å². The molecule has 10 aromatic rings. The smallest absolute Gasteiger partial charge is 0.137 e. The van der Waals surface area contributed by atoms with E-state index in [0.717, 1.165) is 44.6 Å². The highest BCUT2D eigenvalue weighted by atomic mass is 16.3. The van der Waals surface area contributed by atoms with E-state index in [9.17, 15) is 0 Å². The Morgan fingerprint density at radius 1 is 0.315 bits per heavy atom. The van der Waals surface area contributed by atoms with E-state index in [1.807, 2.05) is 12.1 Å². The number of hydrogen-bond donors (Lipinski definition) is 0. The summed E-state index contributed by atoms with van der Waals surface area (Å²) in [4.78, 5) is 2.35. The summed E-state index contributed by atoms with van der Waals surface area (Å²) in [5, 5.41) is 4.66. The van der Waals surface area contributed by atoms with Gasteiger partial charge in [0.2, 0.25) is 0 Å². The minimum Gasteiger partial charge on any atom is -0.456 e. The molecule has 0 amide bonds. The zero-order chi connectivity index (χ0) is 35.8. The standard InChI is InChI=1S/C52H35NO/c1-3-13-36(14-4-1)37-27-31-42(32-28-37)53(49-22-12-24-51-52(49)47-20-9-10-23-50(47)54-51)43-33-29-38(30-34-43)41-26-25-40-17-11-21-46(48(40)35-41)45-19-8-7-18-44(45)39-15-5-2-6-16-39/h1-35H. The van der Waals surface area contributed by atoms with E-state index in [2.05, 4.69) is 205 Å². The van der Waals surface area contributed by atoms with Crippen molar-refractivity contribution < 1.29 is 4.42 Å². The molecular weight excluding hydrogens is 655 g/mol. The second-order valence-corrected chi connectivity index (χ2v) is 13.7. The lowest BCUT2D eigenvalue weighted by molar-refractivity contribution is 0.669. The monoisotopic (exact) mass is 689 g/mol. The molecule has 0 unspecified atom stereocenters. The number of anilines is 3. The average molecular weight is 690 g/mol. The highest BCUT2D eigenvalue weighted by Crippen LogP contribution is 2.44. The van der Waals surface area contributed by atoms with Gasteiger partial charge in [-0.05, 0) is 104 Å². The number of fused-ring (bicyclic) bond motifs is 4. The molecule has 10 rings (SSSR count). The first-order valence-electron chi connectivity index (χ1n) is 18.4. The van der Waals surface area contributed by atoms with Crippen LogP contribution in [0.1, 0.15) is 0 Å². The molecule has 254 valence electrons. The van der Waals surface area contributed by atoms with Gasteiger partial charge in [-0.1, -0.05) is 164 Å². The van der Waals surface area contributed by atoms with Crippen LogP contribution in [0, 0.1) is 0 Å². The van der Waals surface area contributed by atoms with Crippen LogP contribution >= 0.6 is 0 Å². The average Bonchev–Trinajstić information content (AvgIpc) is 3.64. The molecule has 0 aliphatic heterocycles. The molecule has 1 heterocycles. The SMILES string of the molecule is c1ccc(-c2ccc(N(c3ccc(-c4ccc5cccc(-c6ccccc6-c6ccccc6)c5c4)cc3)c3cccc4oc5ccccc5c34)cc2)cc1. The zero-order valence-corrected chi connectivity index (χ0v) is 29.6. The summed E-state index contributed by atoms with van der Waals surface area (Å²) in [6.07, 6.45) is 0. The van der Waals surface area contributed by atoms with E-state index in [-0.39, 0.29) is 0 Å². The minimum absolute atomic E-state index is 0.872. The van der Waals surface area contributed by atoms with Crippen LogP contribution in [0.4, 0.5) is 17.1 Å². The highest BCUT2D eigenvalue weighted by molar-refractivity contribution is 6.13. The minimum atomic E-state index is 0.872. The maximum atomic E-state index is 6.35. The van der Waals surface area contributed by atoms with Gasteiger partial charge >= 0.3 is 0 Å². The molecule has 0 saturated heterocycles. The maximum Gasteiger partial charge on any atom is 0.137 e. The van der Waals surface area contributed by atoms with Gasteiger partial charge in [0.15, 0.2) is 0 Å². The Morgan fingerprint density at radius 2 is 0.852 bits per heavy atom. The first kappa shape index (κ1) is 31.6. The summed E-state index contributed by atoms with van der Waals surface area (Å²) < 4.78 is 6.35. The largest absolute Gasteiger partial charge is 0.456 e. The van der Waals surface area contributed by atoms with E-state index in [0.29, 0.717) is 0 Å². The number of furan rings is 1. The van der Waals surface area contributed by atoms with Gasteiger partial charge in [0.1, 0.15) is 11.2 Å². The molecule has 0 radical (unpaired) electrons. The molecular formula is C52H35NO. The lowest BCUT2D eigenvalue weighted by Gasteiger charge is -2.26. The number of para-hydroxylation sites is 1. The van der Waals surface area contributed by atoms with Gasteiger partial charge in [0.05, 0.1) is 11.1 Å². The summed E-state index contributed by atoms with van der Waals surface area (Å²) in [5.41, 5.74) is 14.6. The molecule has 54 heavy (non-hydrogen) atoms. The molecule has 0 aliphatic rings. The fourth-order valence-electron chi connectivity index (χ4n) is 7.88. The second kappa shape index (κ2) is 13.4. The normalized spacial score (nSPS) is 11.3. The number of nitrogens with zero attached hydrogens (tertiary/aromatic N) is 1. The summed E-state index contributed by atoms with van der Waals surface area (Å²) in [6, 6.07) is 75.8. The van der Waals surface area contributed by atoms with Crippen LogP contribution in [0.2, 0.25) is 0 Å². The molecule has 1 aromatic heterocycles. The first-order valence-corrected chi connectivity index (χ1v) is 18.4. The predicted octanol–water partition coefficient (Wildman–Crippen LogP) is 14.9. The lowest BCUT2D eigenvalue weighted by atomic mass is 9.90. The van der Waals surface area contributed by atoms with Crippen LogP contribution in [0.5, 0.6) is 0 Å². The molecule has 9 aromatic carbocycles. The summed E-state index contributed by atoms with van der Waals surface area (Å²) in [7, 11) is 0. The van der Waals surface area contributed by atoms with E-state index < -0.39 is 0 Å². The van der Waals surface area contributed by atoms with Crippen LogP contribution in [-0.4, -0.2) is 0 Å². The van der Waals surface area contributed by atoms with Crippen molar-refractivity contribution in [2.45, 2.75) is 0 Å². The quantitative estimate of drug-likeness (QED) is 0.166. The van der Waals surface area contributed by atoms with E-state index in [1.165, 1.54) is 49.7 Å². The van der Waals surface area contributed by atoms with Crippen molar-refractivity contribution in [3.8, 4) is 44.5 Å². The number of rotatable bonds is 7. The Kier molecular flexibility index (Phi) is 7.85. The second-order valence-electron chi connectivity index (χ2n) is 13.7. The van der Waals surface area contributed by atoms with Gasteiger partial charge in [-0.15, -0.1) is 0 Å². The molecule has 0 N–H and O–H groups in total. The number of hydrogen-bond acceptors (Lipinski definition) is 2. The van der Waals surface area contributed by atoms with Crippen LogP contribution in [0.25, 0.3) is 77.2 Å². The molecule has 0 bridgehead atoms. The van der Waals surface area contributed by atoms with Crippen molar-refractivity contribution in [1.82, 2.24) is 0 Å². The Morgan fingerprint density at radius 3 is 1.59 bits per heavy atom. The van der Waals surface area contributed by atoms with Crippen LogP contribution in [0.3, 0.4) is 0 Å². The summed E-state index contributed by atoms with van der Waals surface area (Å²) >= 11 is 0. The molecule has 2 heteroatoms. The van der Waals surface area contributed by atoms with Gasteiger partial charge in [0.25, 0.3) is 0 Å². The van der Waals surface area contributed by atoms with Crippen LogP contribution < -0.4 is 4.90 Å². The first-order chi connectivity index (χ1) is 26.8. The molecule has 2 nitrogen and oxygen atoms in total. The predicted molar refractivity (Wildman–Crippen MR) is 228 cm³/mol. The fourth-order valence-corrected chi connectivity index (χ4v) is 7.88. The molecule has 0 spiro atoms. The highest BCUT2D eigenvalue weighted by Gasteiger charge is 2.20. The lowest BCUT2D eigenvalue weighted by Crippen LogP contribution is -2.10. The van der Waals surface area contributed by atoms with Crippen molar-refractivity contribution in [2.75, 3.05) is 4.90 Å². The zero-order valence-electron chi connectivity index (χ0n) is 29.6. The fraction of sp³-hybridized carbons (Fsp3) is 0. The van der Waals surface area contributed by atoms with E-state index >= 15 is 0 Å². The Balaban J connectivity index is 1.08. The molecule has 0 saturated carbocycles. The van der Waals surface area contributed by atoms with Gasteiger partial charge in [-0.25, -0.2) is 0 Å². The van der Waals surface area contributed by atoms with Gasteiger partial charge in [0, 0.05) is 16.8 Å². The molecule has 0 aliphatic carbocycles. The number of benzene rings is 9. The third-order valence-corrected chi connectivity index (χ3v) is 10.5. The van der Waals surface area contributed by atoms with E-state index in [4.69, 9.17) is 4.42 Å². The molecule has 0 fully saturated rings. The maximum absolute atomic E-state index is 6.35. The topological polar surface area (TPSA) is 16.4 Å². The van der Waals surface area contributed by atoms with Crippen molar-refractivity contribution in [2.24, 2.45) is 0 Å². The van der Waals surface area contributed by atoms with Gasteiger partial charge in [-0.2, -0.15) is 0 Å². The summed E-state index contributed by atoms with van der Waals surface area (Å²) in [6.45, 7) is 0. The van der Waals surface area contributed by atoms with Crippen molar-refractivity contribution in [3.63, 3.8) is 0 Å². The van der Waals surface area contributed by atoms with Crippen molar-refractivity contribution in [1.29, 1.82) is 0 Å². The van der Waals surface area contributed by atoms with Crippen LogP contribution in [-0.2, 0) is 0 Å². The third-order valence-electron chi connectivity index (χ3n) is 10.5. The Hall–Kier alpha value is -7.16. The van der Waals surface area contributed by atoms with Gasteiger partial charge < -0.3 is 9.32 Å². The van der Waals surface area contributed by atoms with Gasteiger partial charge in [-0.3, -0.25) is 0 Å². The summed E-state index contributed by atoms with van der Waals surface area (Å²) in [5.74, 6) is 0. The molecule has 0 atom stereocenters. The van der Waals surface area contributed by atoms with Crippen LogP contribution in [0.15, 0.2) is 217 Å². The van der Waals surface area contributed by atoms with Crippen molar-refractivity contribution in [3.05, 3.63) is 212 Å².